The van der Waals surface area contributed by atoms with E-state index in [0.717, 1.165) is 45.2 Å². The molecule has 3 aromatic rings. The van der Waals surface area contributed by atoms with Gasteiger partial charge in [0.15, 0.2) is 11.5 Å². The van der Waals surface area contributed by atoms with Gasteiger partial charge >= 0.3 is 0 Å². The van der Waals surface area contributed by atoms with Crippen LogP contribution in [0.25, 0.3) is 22.2 Å². The fraction of sp³-hybridized carbons (Fsp3) is 0.360. The molecule has 1 aliphatic heterocycles. The summed E-state index contributed by atoms with van der Waals surface area (Å²) in [5.41, 5.74) is 4.00. The monoisotopic (exact) mass is 528 g/mol. The number of benzene rings is 2. The molecule has 2 heterocycles. The Kier molecular flexibility index (Phi) is 7.13. The normalized spacial score (nSPS) is 12.7. The highest BCUT2D eigenvalue weighted by molar-refractivity contribution is 9.10. The van der Waals surface area contributed by atoms with Crippen molar-refractivity contribution in [3.05, 3.63) is 40.4 Å². The third kappa shape index (κ3) is 4.76. The lowest BCUT2D eigenvalue weighted by atomic mass is 10.0. The molecule has 0 spiro atoms. The Balaban J connectivity index is 1.84. The number of amides is 2. The summed E-state index contributed by atoms with van der Waals surface area (Å²) in [5, 5.41) is 6.95. The summed E-state index contributed by atoms with van der Waals surface area (Å²) in [7, 11) is 7.16. The fourth-order valence-electron chi connectivity index (χ4n) is 4.40. The predicted molar refractivity (Wildman–Crippen MR) is 137 cm³/mol. The maximum absolute atomic E-state index is 13.0. The Labute approximate surface area is 207 Å². The first kappa shape index (κ1) is 24.1. The van der Waals surface area contributed by atoms with Crippen LogP contribution in [0.3, 0.4) is 0 Å². The lowest BCUT2D eigenvalue weighted by molar-refractivity contribution is -0.121. The Hall–Kier alpha value is -3.04. The largest absolute Gasteiger partial charge is 0.493 e. The number of nitrogens with zero attached hydrogens (tertiary/aromatic N) is 2. The number of hydrogen-bond donors (Lipinski definition) is 2. The summed E-state index contributed by atoms with van der Waals surface area (Å²) in [6.07, 6.45) is 1.06. The van der Waals surface area contributed by atoms with Gasteiger partial charge in [0.1, 0.15) is 6.54 Å². The minimum Gasteiger partial charge on any atom is -0.493 e. The van der Waals surface area contributed by atoms with Gasteiger partial charge in [0.25, 0.3) is 0 Å². The minimum atomic E-state index is -0.126. The standard InChI is InChI=1S/C25H29BrN4O4/c1-29(2)9-5-8-27-24(32)14-30-20-7-6-15(26)10-16(20)17-12-23(31)28-19-13-22(34-4)21(33-3)11-18(19)25(17)30/h6-7,10-11,13H,5,8-9,12,14H2,1-4H3,(H,27,32)(H,28,31). The number of carbonyl (C=O) groups is 2. The first-order valence-electron chi connectivity index (χ1n) is 11.1. The van der Waals surface area contributed by atoms with Crippen LogP contribution in [0.1, 0.15) is 12.0 Å². The lowest BCUT2D eigenvalue weighted by Gasteiger charge is -2.17. The molecule has 1 aromatic heterocycles. The van der Waals surface area contributed by atoms with E-state index in [1.54, 1.807) is 20.3 Å². The molecule has 34 heavy (non-hydrogen) atoms. The third-order valence-corrected chi connectivity index (χ3v) is 6.42. The van der Waals surface area contributed by atoms with Gasteiger partial charge in [-0.15, -0.1) is 0 Å². The Bertz CT molecular complexity index is 1250. The molecule has 2 N–H and O–H groups in total. The van der Waals surface area contributed by atoms with Crippen LogP contribution < -0.4 is 20.1 Å². The van der Waals surface area contributed by atoms with Crippen molar-refractivity contribution in [3.8, 4) is 22.8 Å². The topological polar surface area (TPSA) is 84.8 Å². The average molecular weight is 529 g/mol. The van der Waals surface area contributed by atoms with Gasteiger partial charge in [0.05, 0.1) is 32.0 Å². The second-order valence-electron chi connectivity index (χ2n) is 8.56. The quantitative estimate of drug-likeness (QED) is 0.436. The molecule has 1 aliphatic rings. The SMILES string of the molecule is COc1cc2c(cc1OC)-c1c(c3cc(Br)ccc3n1CC(=O)NCCCN(C)C)CC(=O)N2. The van der Waals surface area contributed by atoms with Crippen molar-refractivity contribution >= 4 is 44.3 Å². The first-order chi connectivity index (χ1) is 16.3. The number of anilines is 1. The van der Waals surface area contributed by atoms with Crippen molar-refractivity contribution in [2.24, 2.45) is 0 Å². The predicted octanol–water partition coefficient (Wildman–Crippen LogP) is 3.65. The summed E-state index contributed by atoms with van der Waals surface area (Å²) in [6, 6.07) is 9.55. The summed E-state index contributed by atoms with van der Waals surface area (Å²) in [6.45, 7) is 1.64. The van der Waals surface area contributed by atoms with Gasteiger partial charge in [-0.05, 0) is 56.9 Å². The van der Waals surface area contributed by atoms with Crippen LogP contribution in [-0.2, 0) is 22.6 Å². The fourth-order valence-corrected chi connectivity index (χ4v) is 4.76. The van der Waals surface area contributed by atoms with Gasteiger partial charge in [-0.1, -0.05) is 15.9 Å². The molecule has 0 saturated heterocycles. The smallest absolute Gasteiger partial charge is 0.239 e. The van der Waals surface area contributed by atoms with E-state index in [1.165, 1.54) is 0 Å². The minimum absolute atomic E-state index is 0.0769. The summed E-state index contributed by atoms with van der Waals surface area (Å²) in [5.74, 6) is 0.870. The Morgan fingerprint density at radius 2 is 1.91 bits per heavy atom. The molecule has 8 nitrogen and oxygen atoms in total. The average Bonchev–Trinajstić information content (AvgIpc) is 2.98. The van der Waals surface area contributed by atoms with E-state index >= 15 is 0 Å². The van der Waals surface area contributed by atoms with Crippen molar-refractivity contribution in [2.75, 3.05) is 46.7 Å². The van der Waals surface area contributed by atoms with Crippen LogP contribution in [0.5, 0.6) is 11.5 Å². The van der Waals surface area contributed by atoms with E-state index in [1.807, 2.05) is 42.9 Å². The molecule has 0 unspecified atom stereocenters. The molecule has 2 amide bonds. The highest BCUT2D eigenvalue weighted by atomic mass is 79.9. The van der Waals surface area contributed by atoms with Crippen molar-refractivity contribution < 1.29 is 19.1 Å². The summed E-state index contributed by atoms with van der Waals surface area (Å²) < 4.78 is 13.9. The molecule has 180 valence electrons. The molecule has 0 radical (unpaired) electrons. The summed E-state index contributed by atoms with van der Waals surface area (Å²) >= 11 is 3.55. The number of aromatic nitrogens is 1. The second kappa shape index (κ2) is 10.1. The Morgan fingerprint density at radius 3 is 2.62 bits per heavy atom. The summed E-state index contributed by atoms with van der Waals surface area (Å²) in [4.78, 5) is 27.9. The van der Waals surface area contributed by atoms with Crippen molar-refractivity contribution in [1.29, 1.82) is 0 Å². The molecule has 0 fully saturated rings. The number of halogens is 1. The Morgan fingerprint density at radius 1 is 1.18 bits per heavy atom. The van der Waals surface area contributed by atoms with Crippen LogP contribution in [0.15, 0.2) is 34.8 Å². The van der Waals surface area contributed by atoms with Crippen LogP contribution in [0, 0.1) is 0 Å². The van der Waals surface area contributed by atoms with Crippen molar-refractivity contribution in [1.82, 2.24) is 14.8 Å². The van der Waals surface area contributed by atoms with Gasteiger partial charge in [-0.25, -0.2) is 0 Å². The highest BCUT2D eigenvalue weighted by Gasteiger charge is 2.28. The molecule has 0 atom stereocenters. The van der Waals surface area contributed by atoms with Crippen molar-refractivity contribution in [2.45, 2.75) is 19.4 Å². The number of fused-ring (bicyclic) bond motifs is 5. The number of ether oxygens (including phenoxy) is 2. The zero-order valence-electron chi connectivity index (χ0n) is 19.8. The molecule has 0 bridgehead atoms. The van der Waals surface area contributed by atoms with Crippen LogP contribution in [0.4, 0.5) is 5.69 Å². The number of methoxy groups -OCH3 is 2. The van der Waals surface area contributed by atoms with E-state index in [-0.39, 0.29) is 24.8 Å². The van der Waals surface area contributed by atoms with E-state index in [4.69, 9.17) is 9.47 Å². The maximum Gasteiger partial charge on any atom is 0.239 e. The van der Waals surface area contributed by atoms with Crippen molar-refractivity contribution in [3.63, 3.8) is 0 Å². The van der Waals surface area contributed by atoms with E-state index in [0.29, 0.717) is 23.7 Å². The van der Waals surface area contributed by atoms with E-state index < -0.39 is 0 Å². The number of hydrogen-bond acceptors (Lipinski definition) is 5. The van der Waals surface area contributed by atoms with Crippen LogP contribution in [-0.4, -0.2) is 62.7 Å². The van der Waals surface area contributed by atoms with E-state index in [9.17, 15) is 9.59 Å². The van der Waals surface area contributed by atoms with Gasteiger partial charge in [0.2, 0.25) is 11.8 Å². The first-order valence-corrected chi connectivity index (χ1v) is 11.9. The number of carbonyl (C=O) groups excluding carboxylic acids is 2. The van der Waals surface area contributed by atoms with Crippen LogP contribution in [0.2, 0.25) is 0 Å². The molecule has 9 heteroatoms. The van der Waals surface area contributed by atoms with Gasteiger partial charge in [-0.2, -0.15) is 0 Å². The van der Waals surface area contributed by atoms with Gasteiger partial charge in [0, 0.05) is 33.6 Å². The maximum atomic E-state index is 13.0. The zero-order chi connectivity index (χ0) is 24.4. The second-order valence-corrected chi connectivity index (χ2v) is 9.47. The van der Waals surface area contributed by atoms with Gasteiger partial charge in [-0.3, -0.25) is 9.59 Å². The number of rotatable bonds is 8. The van der Waals surface area contributed by atoms with Crippen LogP contribution >= 0.6 is 15.9 Å². The molecular weight excluding hydrogens is 500 g/mol. The molecule has 0 aliphatic carbocycles. The van der Waals surface area contributed by atoms with Gasteiger partial charge < -0.3 is 29.6 Å². The number of nitrogens with one attached hydrogen (secondary N) is 2. The third-order valence-electron chi connectivity index (χ3n) is 5.93. The molecule has 0 saturated carbocycles. The molecule has 2 aromatic carbocycles. The lowest BCUT2D eigenvalue weighted by Crippen LogP contribution is -2.30. The zero-order valence-corrected chi connectivity index (χ0v) is 21.4. The van der Waals surface area contributed by atoms with E-state index in [2.05, 4.69) is 31.5 Å². The highest BCUT2D eigenvalue weighted by Crippen LogP contribution is 2.45. The molecule has 4 rings (SSSR count). The molecular formula is C25H29BrN4O4.